The first kappa shape index (κ1) is 12.0. The minimum atomic E-state index is 0.991. The van der Waals surface area contributed by atoms with E-state index in [9.17, 15) is 0 Å². The lowest BCUT2D eigenvalue weighted by Gasteiger charge is -2.28. The first-order valence-corrected chi connectivity index (χ1v) is 8.02. The van der Waals surface area contributed by atoms with Gasteiger partial charge in [-0.1, -0.05) is 26.2 Å². The lowest BCUT2D eigenvalue weighted by molar-refractivity contribution is 0.264. The average molecular weight is 235 g/mol. The number of rotatable bonds is 4. The van der Waals surface area contributed by atoms with Gasteiger partial charge >= 0.3 is 0 Å². The first-order valence-electron chi connectivity index (χ1n) is 8.02. The molecule has 0 spiro atoms. The van der Waals surface area contributed by atoms with Crippen LogP contribution < -0.4 is 5.32 Å². The number of fused-ring (bicyclic) bond motifs is 2. The third-order valence-electron chi connectivity index (χ3n) is 5.86. The molecule has 98 valence electrons. The van der Waals surface area contributed by atoms with Crippen LogP contribution in [0.5, 0.6) is 0 Å². The maximum Gasteiger partial charge on any atom is -0.00176 e. The normalized spacial score (nSPS) is 45.4. The van der Waals surface area contributed by atoms with Gasteiger partial charge in [0.15, 0.2) is 0 Å². The van der Waals surface area contributed by atoms with Gasteiger partial charge < -0.3 is 5.32 Å². The summed E-state index contributed by atoms with van der Waals surface area (Å²) in [5.74, 6) is 5.24. The molecule has 17 heavy (non-hydrogen) atoms. The fourth-order valence-electron chi connectivity index (χ4n) is 4.63. The Morgan fingerprint density at radius 1 is 0.882 bits per heavy atom. The van der Waals surface area contributed by atoms with Crippen LogP contribution in [-0.2, 0) is 0 Å². The van der Waals surface area contributed by atoms with Crippen LogP contribution in [0.25, 0.3) is 0 Å². The van der Waals surface area contributed by atoms with Gasteiger partial charge in [-0.05, 0) is 74.8 Å². The van der Waals surface area contributed by atoms with Crippen LogP contribution in [0.4, 0.5) is 0 Å². The Labute approximate surface area is 107 Å². The van der Waals surface area contributed by atoms with Crippen molar-refractivity contribution >= 4 is 0 Å². The monoisotopic (exact) mass is 235 g/mol. The molecule has 0 aromatic rings. The fraction of sp³-hybridized carbons (Fsp3) is 1.00. The van der Waals surface area contributed by atoms with Crippen molar-refractivity contribution in [1.29, 1.82) is 0 Å². The molecule has 3 rings (SSSR count). The van der Waals surface area contributed by atoms with E-state index in [4.69, 9.17) is 0 Å². The summed E-state index contributed by atoms with van der Waals surface area (Å²) in [6.07, 6.45) is 12.1. The summed E-state index contributed by atoms with van der Waals surface area (Å²) in [5.41, 5.74) is 0. The largest absolute Gasteiger partial charge is 0.316 e. The van der Waals surface area contributed by atoms with E-state index in [2.05, 4.69) is 12.2 Å². The zero-order chi connectivity index (χ0) is 11.7. The predicted molar refractivity (Wildman–Crippen MR) is 72.9 cm³/mol. The topological polar surface area (TPSA) is 12.0 Å². The molecule has 0 saturated heterocycles. The van der Waals surface area contributed by atoms with E-state index in [1.54, 1.807) is 19.3 Å². The number of hydrogen-bond acceptors (Lipinski definition) is 1. The van der Waals surface area contributed by atoms with Gasteiger partial charge in [0.2, 0.25) is 0 Å². The summed E-state index contributed by atoms with van der Waals surface area (Å²) >= 11 is 0. The molecule has 3 saturated carbocycles. The van der Waals surface area contributed by atoms with Crippen LogP contribution in [0.3, 0.4) is 0 Å². The molecule has 3 aliphatic rings. The molecule has 1 heteroatoms. The summed E-state index contributed by atoms with van der Waals surface area (Å²) in [7, 11) is 0. The summed E-state index contributed by atoms with van der Waals surface area (Å²) in [6.45, 7) is 5.05. The highest BCUT2D eigenvalue weighted by atomic mass is 14.9. The van der Waals surface area contributed by atoms with Gasteiger partial charge in [0.1, 0.15) is 0 Å². The molecular weight excluding hydrogens is 206 g/mol. The summed E-state index contributed by atoms with van der Waals surface area (Å²) in [6, 6.07) is 0. The van der Waals surface area contributed by atoms with E-state index in [0.29, 0.717) is 0 Å². The number of nitrogens with one attached hydrogen (secondary N) is 1. The van der Waals surface area contributed by atoms with Crippen molar-refractivity contribution in [2.24, 2.45) is 29.6 Å². The molecule has 3 atom stereocenters. The average Bonchev–Trinajstić information content (AvgIpc) is 2.94. The lowest BCUT2D eigenvalue weighted by Crippen LogP contribution is -2.31. The third kappa shape index (κ3) is 2.86. The molecule has 1 N–H and O–H groups in total. The van der Waals surface area contributed by atoms with Gasteiger partial charge in [-0.2, -0.15) is 0 Å². The predicted octanol–water partition coefficient (Wildman–Crippen LogP) is 3.84. The van der Waals surface area contributed by atoms with Crippen LogP contribution in [0.1, 0.15) is 58.3 Å². The third-order valence-corrected chi connectivity index (χ3v) is 5.86. The van der Waals surface area contributed by atoms with E-state index >= 15 is 0 Å². The second kappa shape index (κ2) is 5.30. The molecule has 3 aliphatic carbocycles. The zero-order valence-electron chi connectivity index (χ0n) is 11.5. The molecule has 0 aromatic carbocycles. The van der Waals surface area contributed by atoms with Gasteiger partial charge in [-0.25, -0.2) is 0 Å². The molecule has 1 nitrogen and oxygen atoms in total. The Bertz CT molecular complexity index is 242. The van der Waals surface area contributed by atoms with Crippen LogP contribution in [-0.4, -0.2) is 13.1 Å². The van der Waals surface area contributed by atoms with Crippen molar-refractivity contribution in [3.8, 4) is 0 Å². The van der Waals surface area contributed by atoms with Crippen molar-refractivity contribution in [3.63, 3.8) is 0 Å². The molecule has 3 fully saturated rings. The van der Waals surface area contributed by atoms with Crippen molar-refractivity contribution in [3.05, 3.63) is 0 Å². The second-order valence-electron chi connectivity index (χ2n) is 7.22. The van der Waals surface area contributed by atoms with Gasteiger partial charge in [-0.15, -0.1) is 0 Å². The maximum atomic E-state index is 3.80. The van der Waals surface area contributed by atoms with Crippen molar-refractivity contribution < 1.29 is 0 Å². The first-order chi connectivity index (χ1) is 8.31. The van der Waals surface area contributed by atoms with Crippen LogP contribution in [0.2, 0.25) is 0 Å². The highest BCUT2D eigenvalue weighted by molar-refractivity contribution is 4.90. The van der Waals surface area contributed by atoms with E-state index in [0.717, 1.165) is 29.6 Å². The molecule has 3 unspecified atom stereocenters. The minimum absolute atomic E-state index is 0.991. The molecule has 2 bridgehead atoms. The zero-order valence-corrected chi connectivity index (χ0v) is 11.5. The fourth-order valence-corrected chi connectivity index (χ4v) is 4.63. The molecule has 0 aromatic heterocycles. The Morgan fingerprint density at radius 3 is 2.35 bits per heavy atom. The lowest BCUT2D eigenvalue weighted by atomic mass is 9.83. The van der Waals surface area contributed by atoms with E-state index < -0.39 is 0 Å². The van der Waals surface area contributed by atoms with Gasteiger partial charge in [0, 0.05) is 0 Å². The van der Waals surface area contributed by atoms with Crippen molar-refractivity contribution in [1.82, 2.24) is 5.32 Å². The molecule has 0 radical (unpaired) electrons. The van der Waals surface area contributed by atoms with E-state index in [1.165, 1.54) is 45.2 Å². The van der Waals surface area contributed by atoms with Gasteiger partial charge in [0.25, 0.3) is 0 Å². The second-order valence-corrected chi connectivity index (χ2v) is 7.22. The smallest absolute Gasteiger partial charge is 0.00176 e. The quantitative estimate of drug-likeness (QED) is 0.780. The summed E-state index contributed by atoms with van der Waals surface area (Å²) < 4.78 is 0. The Hall–Kier alpha value is -0.0400. The highest BCUT2D eigenvalue weighted by Gasteiger charge is 2.38. The Balaban J connectivity index is 1.33. The maximum absolute atomic E-state index is 3.80. The standard InChI is InChI=1S/C16H29N/c1-12-2-4-13(5-3-12)10-17-11-16-9-14-6-7-15(16)8-14/h12-17H,2-11H2,1H3. The SMILES string of the molecule is CC1CCC(CNCC2CC3CCC2C3)CC1. The van der Waals surface area contributed by atoms with E-state index in [-0.39, 0.29) is 0 Å². The van der Waals surface area contributed by atoms with Crippen LogP contribution >= 0.6 is 0 Å². The highest BCUT2D eigenvalue weighted by Crippen LogP contribution is 2.47. The van der Waals surface area contributed by atoms with Crippen LogP contribution in [0, 0.1) is 29.6 Å². The van der Waals surface area contributed by atoms with Crippen molar-refractivity contribution in [2.75, 3.05) is 13.1 Å². The molecular formula is C16H29N. The molecule has 0 aliphatic heterocycles. The van der Waals surface area contributed by atoms with Crippen molar-refractivity contribution in [2.45, 2.75) is 58.3 Å². The van der Waals surface area contributed by atoms with Gasteiger partial charge in [-0.3, -0.25) is 0 Å². The molecule has 0 heterocycles. The van der Waals surface area contributed by atoms with E-state index in [1.807, 2.05) is 0 Å². The Kier molecular flexibility index (Phi) is 3.75. The Morgan fingerprint density at radius 2 is 1.71 bits per heavy atom. The summed E-state index contributed by atoms with van der Waals surface area (Å²) in [4.78, 5) is 0. The number of hydrogen-bond donors (Lipinski definition) is 1. The van der Waals surface area contributed by atoms with Crippen LogP contribution in [0.15, 0.2) is 0 Å². The summed E-state index contributed by atoms with van der Waals surface area (Å²) in [5, 5.41) is 3.80. The minimum Gasteiger partial charge on any atom is -0.316 e. The molecule has 0 amide bonds. The van der Waals surface area contributed by atoms with Gasteiger partial charge in [0.05, 0.1) is 0 Å².